The Morgan fingerprint density at radius 1 is 0.667 bits per heavy atom. The monoisotopic (exact) mass is 907 g/mol. The molecule has 6 amide bonds. The lowest BCUT2D eigenvalue weighted by Gasteiger charge is -2.32. The van der Waals surface area contributed by atoms with Gasteiger partial charge in [-0.25, -0.2) is 19.6 Å². The number of hydrogen-bond acceptors (Lipinski definition) is 13. The van der Waals surface area contributed by atoms with E-state index in [0.29, 0.717) is 49.0 Å². The van der Waals surface area contributed by atoms with Crippen molar-refractivity contribution >= 4 is 74.4 Å². The number of aromatic nitrogens is 2. The number of nitrogens with one attached hydrogen (secondary N) is 4. The van der Waals surface area contributed by atoms with Crippen LogP contribution in [0.5, 0.6) is 0 Å². The molecule has 2 aromatic heterocycles. The van der Waals surface area contributed by atoms with E-state index in [1.165, 1.54) is 52.3 Å². The van der Waals surface area contributed by atoms with Crippen LogP contribution in [0.4, 0.5) is 25.5 Å². The van der Waals surface area contributed by atoms with Crippen molar-refractivity contribution in [2.75, 3.05) is 42.8 Å². The molecule has 0 bridgehead atoms. The van der Waals surface area contributed by atoms with Crippen LogP contribution < -0.4 is 26.2 Å². The molecule has 3 aromatic rings. The Kier molecular flexibility index (Phi) is 15.0. The average molecular weight is 908 g/mol. The van der Waals surface area contributed by atoms with Crippen LogP contribution in [0.25, 0.3) is 0 Å². The number of thiazole rings is 2. The molecule has 6 rings (SSSR count). The average Bonchev–Trinajstić information content (AvgIpc) is 4.10. The lowest BCUT2D eigenvalue weighted by Crippen LogP contribution is -2.54. The summed E-state index contributed by atoms with van der Waals surface area (Å²) in [5, 5.41) is 16.0. The van der Waals surface area contributed by atoms with Crippen LogP contribution in [0.15, 0.2) is 35.0 Å². The second-order valence-electron chi connectivity index (χ2n) is 18.0. The van der Waals surface area contributed by atoms with Crippen molar-refractivity contribution in [3.8, 4) is 0 Å². The minimum atomic E-state index is -0.838. The van der Waals surface area contributed by atoms with Gasteiger partial charge in [-0.1, -0.05) is 60.6 Å². The predicted molar refractivity (Wildman–Crippen MR) is 242 cm³/mol. The zero-order valence-corrected chi connectivity index (χ0v) is 39.2. The molecule has 0 radical (unpaired) electrons. The Labute approximate surface area is 377 Å². The minimum absolute atomic E-state index is 0.0491. The van der Waals surface area contributed by atoms with Crippen molar-refractivity contribution < 1.29 is 38.2 Å². The molecule has 3 aliphatic heterocycles. The van der Waals surface area contributed by atoms with Gasteiger partial charge in [0.25, 0.3) is 0 Å². The Morgan fingerprint density at radius 3 is 1.44 bits per heavy atom. The highest BCUT2D eigenvalue weighted by Gasteiger charge is 2.42. The number of hydrogen-bond donors (Lipinski definition) is 4. The molecular formula is C44H61N9O8S2. The van der Waals surface area contributed by atoms with Crippen molar-refractivity contribution in [1.82, 2.24) is 30.4 Å². The summed E-state index contributed by atoms with van der Waals surface area (Å²) in [6, 6.07) is 5.09. The highest BCUT2D eigenvalue weighted by Crippen LogP contribution is 2.48. The van der Waals surface area contributed by atoms with Gasteiger partial charge in [-0.3, -0.25) is 19.2 Å². The Balaban J connectivity index is 1.19. The first-order chi connectivity index (χ1) is 29.9. The van der Waals surface area contributed by atoms with Gasteiger partial charge >= 0.3 is 12.2 Å². The summed E-state index contributed by atoms with van der Waals surface area (Å²) in [6.07, 6.45) is 2.35. The van der Waals surface area contributed by atoms with Gasteiger partial charge in [-0.2, -0.15) is 0 Å². The molecular weight excluding hydrogens is 847 g/mol. The number of amides is 6. The van der Waals surface area contributed by atoms with Gasteiger partial charge in [-0.15, -0.1) is 22.7 Å². The summed E-state index contributed by atoms with van der Waals surface area (Å²) in [4.78, 5) is 94.0. The maximum absolute atomic E-state index is 13.8. The fourth-order valence-electron chi connectivity index (χ4n) is 8.62. The molecule has 0 aliphatic carbocycles. The third-order valence-electron chi connectivity index (χ3n) is 12.1. The van der Waals surface area contributed by atoms with E-state index < -0.39 is 36.4 Å². The maximum atomic E-state index is 13.8. The summed E-state index contributed by atoms with van der Waals surface area (Å²) in [6.45, 7) is 14.6. The van der Waals surface area contributed by atoms with Crippen LogP contribution in [0, 0.1) is 11.8 Å². The van der Waals surface area contributed by atoms with Crippen LogP contribution in [0.1, 0.15) is 116 Å². The van der Waals surface area contributed by atoms with E-state index in [1.54, 1.807) is 0 Å². The lowest BCUT2D eigenvalue weighted by molar-refractivity contribution is -0.139. The molecule has 3 fully saturated rings. The molecule has 342 valence electrons. The molecule has 0 saturated carbocycles. The maximum Gasteiger partial charge on any atom is 0.407 e. The van der Waals surface area contributed by atoms with Crippen LogP contribution in [0.2, 0.25) is 0 Å². The molecule has 17 nitrogen and oxygen atoms in total. The van der Waals surface area contributed by atoms with Gasteiger partial charge < -0.3 is 45.4 Å². The summed E-state index contributed by atoms with van der Waals surface area (Å²) in [5.41, 5.74) is 3.70. The number of methoxy groups -OCH3 is 2. The summed E-state index contributed by atoms with van der Waals surface area (Å²) in [5.74, 6) is -1.77. The molecule has 63 heavy (non-hydrogen) atoms. The molecule has 4 N–H and O–H groups in total. The van der Waals surface area contributed by atoms with Crippen LogP contribution in [-0.4, -0.2) is 107 Å². The van der Waals surface area contributed by atoms with Gasteiger partial charge in [0.2, 0.25) is 23.6 Å². The summed E-state index contributed by atoms with van der Waals surface area (Å²) >= 11 is 2.65. The number of likely N-dealkylation sites (tertiary alicyclic amines) is 2. The second-order valence-corrected chi connectivity index (χ2v) is 19.8. The summed E-state index contributed by atoms with van der Waals surface area (Å²) in [7, 11) is 2.48. The topological polar surface area (TPSA) is 204 Å². The number of anilines is 3. The van der Waals surface area contributed by atoms with Crippen LogP contribution >= 0.6 is 22.7 Å². The van der Waals surface area contributed by atoms with Crippen molar-refractivity contribution in [2.45, 2.75) is 129 Å². The van der Waals surface area contributed by atoms with Gasteiger partial charge in [-0.05, 0) is 73.5 Å². The molecule has 0 spiro atoms. The van der Waals surface area contributed by atoms with E-state index in [0.717, 1.165) is 29.9 Å². The van der Waals surface area contributed by atoms with E-state index in [9.17, 15) is 28.8 Å². The number of nitrogens with zero attached hydrogens (tertiary/aromatic N) is 5. The van der Waals surface area contributed by atoms with E-state index in [4.69, 9.17) is 19.4 Å². The van der Waals surface area contributed by atoms with E-state index in [1.807, 2.05) is 38.5 Å². The quantitative estimate of drug-likeness (QED) is 0.144. The Hall–Kier alpha value is -5.30. The first-order valence-corrected chi connectivity index (χ1v) is 23.4. The molecule has 1 aromatic carbocycles. The van der Waals surface area contributed by atoms with Gasteiger partial charge in [0.05, 0.1) is 37.7 Å². The predicted octanol–water partition coefficient (Wildman–Crippen LogP) is 6.60. The van der Waals surface area contributed by atoms with E-state index >= 15 is 0 Å². The molecule has 5 heterocycles. The Bertz CT molecular complexity index is 2010. The molecule has 0 unspecified atom stereocenters. The first-order valence-electron chi connectivity index (χ1n) is 21.6. The van der Waals surface area contributed by atoms with Crippen molar-refractivity contribution in [3.63, 3.8) is 0 Å². The molecule has 19 heteroatoms. The van der Waals surface area contributed by atoms with E-state index in [-0.39, 0.29) is 53.0 Å². The highest BCUT2D eigenvalue weighted by atomic mass is 32.1. The fourth-order valence-corrected chi connectivity index (χ4v) is 10.1. The van der Waals surface area contributed by atoms with Crippen molar-refractivity contribution in [3.05, 3.63) is 52.0 Å². The number of carbonyl (C=O) groups is 6. The van der Waals surface area contributed by atoms with Crippen molar-refractivity contribution in [2.24, 2.45) is 11.8 Å². The number of benzene rings is 1. The molecule has 3 saturated heterocycles. The van der Waals surface area contributed by atoms with Crippen molar-refractivity contribution in [1.29, 1.82) is 0 Å². The first kappa shape index (κ1) is 47.2. The zero-order chi connectivity index (χ0) is 45.7. The third-order valence-corrected chi connectivity index (χ3v) is 13.6. The standard InChI is InChI=1S/C44H61N9O8S2/c1-24(2)34(47-42(58)60-8)38(56)51-20-10-12-32(51)36(54)49-40-45-28(22-62-40)30-18-19-31(53(30)27-16-14-26(15-17-27)44(5,6)7)29-23-63-41(46-29)50-37(55)33-13-11-21-52(33)39(57)35(25(3)4)48-43(59)61-9/h14-17,22-25,30-35H,10-13,18-21H2,1-9H3,(H,47,58)(H,48,59)(H,45,49,54)(H,46,50,55)/t30-,31-,32+,33+,34+,35+/m1/s1. The SMILES string of the molecule is COC(=O)N[C@H](C(=O)N1CCC[C@H]1C(=O)Nc1nc([C@H]2CC[C@H](c3csc(NC(=O)[C@@H]4CCCN4C(=O)[C@@H](NC(=O)OC)C(C)C)n3)N2c2ccc(C(C)(C)C)cc2)cs1)C(C)C. The largest absolute Gasteiger partial charge is 0.453 e. The minimum Gasteiger partial charge on any atom is -0.453 e. The fraction of sp³-hybridized carbons (Fsp3) is 0.591. The van der Waals surface area contributed by atoms with Gasteiger partial charge in [0.15, 0.2) is 10.3 Å². The van der Waals surface area contributed by atoms with Crippen LogP contribution in [0.3, 0.4) is 0 Å². The van der Waals surface area contributed by atoms with Crippen LogP contribution in [-0.2, 0) is 34.1 Å². The second kappa shape index (κ2) is 20.0. The summed E-state index contributed by atoms with van der Waals surface area (Å²) < 4.78 is 9.48. The highest BCUT2D eigenvalue weighted by molar-refractivity contribution is 7.14. The smallest absolute Gasteiger partial charge is 0.407 e. The normalized spacial score (nSPS) is 21.0. The lowest BCUT2D eigenvalue weighted by atomic mass is 9.87. The zero-order valence-electron chi connectivity index (χ0n) is 37.6. The number of carbonyl (C=O) groups excluding carboxylic acids is 6. The number of alkyl carbamates (subject to hydrolysis) is 2. The Morgan fingerprint density at radius 2 is 1.08 bits per heavy atom. The number of rotatable bonds is 13. The van der Waals surface area contributed by atoms with Gasteiger partial charge in [0.1, 0.15) is 24.2 Å². The van der Waals surface area contributed by atoms with Gasteiger partial charge in [0, 0.05) is 29.5 Å². The number of ether oxygens (including phenoxy) is 2. The third kappa shape index (κ3) is 10.7. The molecule has 6 atom stereocenters. The molecule has 3 aliphatic rings. The van der Waals surface area contributed by atoms with E-state index in [2.05, 4.69) is 71.2 Å².